The number of hydrogen-bond donors (Lipinski definition) is 1. The van der Waals surface area contributed by atoms with Gasteiger partial charge in [-0.2, -0.15) is 4.31 Å². The lowest BCUT2D eigenvalue weighted by molar-refractivity contribution is -0.120. The highest BCUT2D eigenvalue weighted by Gasteiger charge is 2.33. The summed E-state index contributed by atoms with van der Waals surface area (Å²) in [6.07, 6.45) is 1.34. The highest BCUT2D eigenvalue weighted by Crippen LogP contribution is 2.27. The van der Waals surface area contributed by atoms with Gasteiger partial charge in [-0.25, -0.2) is 8.42 Å². The minimum Gasteiger partial charge on any atom is -0.325 e. The first-order chi connectivity index (χ1) is 12.4. The number of anilines is 1. The van der Waals surface area contributed by atoms with Crippen LogP contribution in [0.4, 0.5) is 5.69 Å². The summed E-state index contributed by atoms with van der Waals surface area (Å²) in [5.41, 5.74) is 1.70. The van der Waals surface area contributed by atoms with E-state index in [1.54, 1.807) is 24.3 Å². The molecular weight excluding hydrogens is 416 g/mol. The molecule has 0 aromatic heterocycles. The van der Waals surface area contributed by atoms with E-state index in [4.69, 9.17) is 0 Å². The van der Waals surface area contributed by atoms with Crippen molar-refractivity contribution in [1.29, 1.82) is 0 Å². The molecular formula is C19H21BrN2O3S. The van der Waals surface area contributed by atoms with E-state index in [0.717, 1.165) is 10.0 Å². The molecule has 0 spiro atoms. The van der Waals surface area contributed by atoms with Crippen molar-refractivity contribution in [1.82, 2.24) is 4.31 Å². The number of carbonyl (C=O) groups is 1. The van der Waals surface area contributed by atoms with E-state index < -0.39 is 10.0 Å². The quantitative estimate of drug-likeness (QED) is 0.792. The summed E-state index contributed by atoms with van der Waals surface area (Å²) in [5.74, 6) is -0.517. The third-order valence-corrected chi connectivity index (χ3v) is 7.12. The van der Waals surface area contributed by atoms with Gasteiger partial charge in [-0.3, -0.25) is 4.79 Å². The van der Waals surface area contributed by atoms with Crippen molar-refractivity contribution in [3.63, 3.8) is 0 Å². The summed E-state index contributed by atoms with van der Waals surface area (Å²) in [4.78, 5) is 12.9. The van der Waals surface area contributed by atoms with Gasteiger partial charge in [-0.1, -0.05) is 29.8 Å². The Kier molecular flexibility index (Phi) is 5.79. The van der Waals surface area contributed by atoms with E-state index >= 15 is 0 Å². The highest BCUT2D eigenvalue weighted by molar-refractivity contribution is 9.10. The predicted octanol–water partition coefficient (Wildman–Crippen LogP) is 3.80. The molecule has 0 aliphatic carbocycles. The summed E-state index contributed by atoms with van der Waals surface area (Å²) in [6.45, 7) is 2.56. The standard InChI is InChI=1S/C19H21BrN2O3S/c1-14-8-10-16(11-9-14)26(24,25)22-12-4-5-15(13-22)19(23)21-18-7-3-2-6-17(18)20/h2-3,6-11,15H,4-5,12-13H2,1H3,(H,21,23)/t15-/m1/s1. The number of amides is 1. The molecule has 7 heteroatoms. The van der Waals surface area contributed by atoms with Gasteiger partial charge in [-0.05, 0) is 60.0 Å². The zero-order chi connectivity index (χ0) is 18.7. The van der Waals surface area contributed by atoms with Gasteiger partial charge in [0.25, 0.3) is 0 Å². The van der Waals surface area contributed by atoms with Crippen LogP contribution >= 0.6 is 15.9 Å². The van der Waals surface area contributed by atoms with Crippen molar-refractivity contribution < 1.29 is 13.2 Å². The Morgan fingerprint density at radius 2 is 1.85 bits per heavy atom. The molecule has 1 aliphatic heterocycles. The van der Waals surface area contributed by atoms with Crippen molar-refractivity contribution in [2.24, 2.45) is 5.92 Å². The van der Waals surface area contributed by atoms with Gasteiger partial charge in [0.05, 0.1) is 16.5 Å². The smallest absolute Gasteiger partial charge is 0.243 e. The van der Waals surface area contributed by atoms with Gasteiger partial charge < -0.3 is 5.32 Å². The van der Waals surface area contributed by atoms with Crippen LogP contribution in [0.15, 0.2) is 57.9 Å². The molecule has 0 bridgehead atoms. The Labute approximate surface area is 162 Å². The number of nitrogens with one attached hydrogen (secondary N) is 1. The van der Waals surface area contributed by atoms with Crippen LogP contribution in [0, 0.1) is 12.8 Å². The molecule has 1 aliphatic rings. The van der Waals surface area contributed by atoms with E-state index in [0.29, 0.717) is 25.1 Å². The lowest BCUT2D eigenvalue weighted by Crippen LogP contribution is -2.43. The molecule has 1 saturated heterocycles. The van der Waals surface area contributed by atoms with Gasteiger partial charge in [0, 0.05) is 17.6 Å². The largest absolute Gasteiger partial charge is 0.325 e. The monoisotopic (exact) mass is 436 g/mol. The van der Waals surface area contributed by atoms with E-state index in [1.165, 1.54) is 4.31 Å². The molecule has 0 unspecified atom stereocenters. The zero-order valence-corrected chi connectivity index (χ0v) is 16.9. The fourth-order valence-electron chi connectivity index (χ4n) is 3.03. The van der Waals surface area contributed by atoms with E-state index in [9.17, 15) is 13.2 Å². The van der Waals surface area contributed by atoms with Crippen LogP contribution in [-0.2, 0) is 14.8 Å². The first-order valence-electron chi connectivity index (χ1n) is 8.50. The normalized spacial score (nSPS) is 18.5. The van der Waals surface area contributed by atoms with Crippen LogP contribution in [0.1, 0.15) is 18.4 Å². The molecule has 1 N–H and O–H groups in total. The molecule has 2 aromatic rings. The van der Waals surface area contributed by atoms with Crippen LogP contribution < -0.4 is 5.32 Å². The number of carbonyl (C=O) groups excluding carboxylic acids is 1. The summed E-state index contributed by atoms with van der Waals surface area (Å²) in [6, 6.07) is 14.2. The number of aryl methyl sites for hydroxylation is 1. The molecule has 0 saturated carbocycles. The number of nitrogens with zero attached hydrogens (tertiary/aromatic N) is 1. The molecule has 1 amide bonds. The van der Waals surface area contributed by atoms with Gasteiger partial charge in [-0.15, -0.1) is 0 Å². The topological polar surface area (TPSA) is 66.5 Å². The minimum absolute atomic E-state index is 0.152. The number of hydrogen-bond acceptors (Lipinski definition) is 3. The van der Waals surface area contributed by atoms with Gasteiger partial charge in [0.1, 0.15) is 0 Å². The molecule has 0 radical (unpaired) electrons. The van der Waals surface area contributed by atoms with Crippen LogP contribution in [-0.4, -0.2) is 31.7 Å². The first kappa shape index (κ1) is 19.1. The number of piperidine rings is 1. The lowest BCUT2D eigenvalue weighted by atomic mass is 9.99. The van der Waals surface area contributed by atoms with Crippen molar-refractivity contribution >= 4 is 37.5 Å². The van der Waals surface area contributed by atoms with Crippen molar-refractivity contribution in [2.75, 3.05) is 18.4 Å². The zero-order valence-electron chi connectivity index (χ0n) is 14.5. The number of para-hydroxylation sites is 1. The van der Waals surface area contributed by atoms with Crippen LogP contribution in [0.2, 0.25) is 0 Å². The number of halogens is 1. The maximum absolute atomic E-state index is 12.9. The second kappa shape index (κ2) is 7.90. The highest BCUT2D eigenvalue weighted by atomic mass is 79.9. The fraction of sp³-hybridized carbons (Fsp3) is 0.316. The molecule has 2 aromatic carbocycles. The Morgan fingerprint density at radius 1 is 1.15 bits per heavy atom. The number of benzene rings is 2. The van der Waals surface area contributed by atoms with Crippen LogP contribution in [0.25, 0.3) is 0 Å². The predicted molar refractivity (Wildman–Crippen MR) is 105 cm³/mol. The van der Waals surface area contributed by atoms with Crippen molar-refractivity contribution in [3.05, 3.63) is 58.6 Å². The second-order valence-corrected chi connectivity index (χ2v) is 9.28. The van der Waals surface area contributed by atoms with Gasteiger partial charge in [0.2, 0.25) is 15.9 Å². The Bertz CT molecular complexity index is 897. The van der Waals surface area contributed by atoms with Crippen LogP contribution in [0.3, 0.4) is 0 Å². The maximum atomic E-state index is 12.9. The molecule has 26 heavy (non-hydrogen) atoms. The van der Waals surface area contributed by atoms with E-state index in [-0.39, 0.29) is 23.3 Å². The third-order valence-electron chi connectivity index (χ3n) is 4.55. The SMILES string of the molecule is Cc1ccc(S(=O)(=O)N2CCC[C@@H](C(=O)Nc3ccccc3Br)C2)cc1. The first-order valence-corrected chi connectivity index (χ1v) is 10.7. The Balaban J connectivity index is 1.73. The summed E-state index contributed by atoms with van der Waals surface area (Å²) in [7, 11) is -3.58. The molecule has 3 rings (SSSR count). The second-order valence-electron chi connectivity index (χ2n) is 6.48. The Hall–Kier alpha value is -1.70. The third kappa shape index (κ3) is 4.16. The van der Waals surface area contributed by atoms with Crippen molar-refractivity contribution in [2.45, 2.75) is 24.7 Å². The molecule has 1 fully saturated rings. The molecule has 1 atom stereocenters. The summed E-state index contributed by atoms with van der Waals surface area (Å²) < 4.78 is 28.0. The molecule has 138 valence electrons. The average Bonchev–Trinajstić information content (AvgIpc) is 2.64. The maximum Gasteiger partial charge on any atom is 0.243 e. The molecule has 5 nitrogen and oxygen atoms in total. The summed E-state index contributed by atoms with van der Waals surface area (Å²) in [5, 5.41) is 2.89. The van der Waals surface area contributed by atoms with E-state index in [1.807, 2.05) is 31.2 Å². The van der Waals surface area contributed by atoms with Gasteiger partial charge in [0.15, 0.2) is 0 Å². The van der Waals surface area contributed by atoms with Crippen molar-refractivity contribution in [3.8, 4) is 0 Å². The van der Waals surface area contributed by atoms with E-state index in [2.05, 4.69) is 21.2 Å². The lowest BCUT2D eigenvalue weighted by Gasteiger charge is -2.31. The minimum atomic E-state index is -3.58. The average molecular weight is 437 g/mol. The number of sulfonamides is 1. The molecule has 1 heterocycles. The number of rotatable bonds is 4. The van der Waals surface area contributed by atoms with Crippen LogP contribution in [0.5, 0.6) is 0 Å². The summed E-state index contributed by atoms with van der Waals surface area (Å²) >= 11 is 3.41. The van der Waals surface area contributed by atoms with Gasteiger partial charge >= 0.3 is 0 Å². The Morgan fingerprint density at radius 3 is 2.54 bits per heavy atom. The fourth-order valence-corrected chi connectivity index (χ4v) is 4.94.